The second-order valence-corrected chi connectivity index (χ2v) is 10.1. The summed E-state index contributed by atoms with van der Waals surface area (Å²) in [5.74, 6) is 2.81. The van der Waals surface area contributed by atoms with Gasteiger partial charge in [-0.1, -0.05) is 82.9 Å². The first kappa shape index (κ1) is 24.9. The lowest BCUT2D eigenvalue weighted by Gasteiger charge is -2.28. The monoisotopic (exact) mass is 434 g/mol. The highest BCUT2D eigenvalue weighted by atomic mass is 16.5. The van der Waals surface area contributed by atoms with Gasteiger partial charge in [0.1, 0.15) is 5.75 Å². The van der Waals surface area contributed by atoms with Crippen LogP contribution in [0.3, 0.4) is 0 Å². The van der Waals surface area contributed by atoms with Crippen LogP contribution in [0.25, 0.3) is 0 Å². The van der Waals surface area contributed by atoms with Gasteiger partial charge >= 0.3 is 0 Å². The molecule has 0 bridgehead atoms. The zero-order valence-electron chi connectivity index (χ0n) is 21.0. The van der Waals surface area contributed by atoms with Gasteiger partial charge in [0.2, 0.25) is 0 Å². The van der Waals surface area contributed by atoms with Crippen molar-refractivity contribution in [3.05, 3.63) is 65.2 Å². The summed E-state index contributed by atoms with van der Waals surface area (Å²) in [7, 11) is 0. The maximum Gasteiger partial charge on any atom is 0.119 e. The number of aryl methyl sites for hydroxylation is 2. The van der Waals surface area contributed by atoms with E-state index in [9.17, 15) is 0 Å². The third-order valence-corrected chi connectivity index (χ3v) is 7.36. The van der Waals surface area contributed by atoms with Gasteiger partial charge in [0.05, 0.1) is 6.10 Å². The van der Waals surface area contributed by atoms with Crippen LogP contribution in [-0.2, 0) is 12.8 Å². The summed E-state index contributed by atoms with van der Waals surface area (Å²) in [5, 5.41) is 0. The van der Waals surface area contributed by atoms with E-state index in [1.807, 2.05) is 0 Å². The van der Waals surface area contributed by atoms with E-state index >= 15 is 0 Å². The fourth-order valence-corrected chi connectivity index (χ4v) is 5.48. The van der Waals surface area contributed by atoms with E-state index in [0.29, 0.717) is 6.10 Å². The molecule has 3 rings (SSSR count). The van der Waals surface area contributed by atoms with Gasteiger partial charge in [-0.05, 0) is 98.4 Å². The minimum atomic E-state index is 0.328. The molecule has 1 aliphatic carbocycles. The first-order chi connectivity index (χ1) is 15.7. The normalized spacial score (nSPS) is 19.6. The number of hydrogen-bond acceptors (Lipinski definition) is 1. The lowest BCUT2D eigenvalue weighted by molar-refractivity contribution is 0.177. The highest BCUT2D eigenvalue weighted by Gasteiger charge is 2.21. The van der Waals surface area contributed by atoms with E-state index in [2.05, 4.69) is 69.3 Å². The molecule has 0 aromatic heterocycles. The van der Waals surface area contributed by atoms with E-state index in [1.54, 1.807) is 5.56 Å². The zero-order chi connectivity index (χ0) is 22.6. The van der Waals surface area contributed by atoms with Crippen LogP contribution in [0.4, 0.5) is 0 Å². The second kappa shape index (κ2) is 13.7. The van der Waals surface area contributed by atoms with Gasteiger partial charge in [-0.3, -0.25) is 0 Å². The van der Waals surface area contributed by atoms with Gasteiger partial charge in [0.25, 0.3) is 0 Å². The Hall–Kier alpha value is -1.76. The van der Waals surface area contributed by atoms with Crippen molar-refractivity contribution in [2.75, 3.05) is 0 Å². The van der Waals surface area contributed by atoms with Crippen molar-refractivity contribution in [1.82, 2.24) is 0 Å². The summed E-state index contributed by atoms with van der Waals surface area (Å²) in [6.07, 6.45) is 16.9. The predicted molar refractivity (Wildman–Crippen MR) is 139 cm³/mol. The van der Waals surface area contributed by atoms with Crippen molar-refractivity contribution in [2.24, 2.45) is 5.92 Å². The van der Waals surface area contributed by atoms with Crippen molar-refractivity contribution in [1.29, 1.82) is 0 Å². The summed E-state index contributed by atoms with van der Waals surface area (Å²) < 4.78 is 6.35. The average molecular weight is 435 g/mol. The third-order valence-electron chi connectivity index (χ3n) is 7.36. The molecular formula is C31H46O. The molecule has 1 atom stereocenters. The molecule has 0 amide bonds. The van der Waals surface area contributed by atoms with Crippen molar-refractivity contribution < 1.29 is 4.74 Å². The van der Waals surface area contributed by atoms with Crippen LogP contribution in [0, 0.1) is 5.92 Å². The van der Waals surface area contributed by atoms with Gasteiger partial charge in [-0.15, -0.1) is 0 Å². The topological polar surface area (TPSA) is 9.23 Å². The third kappa shape index (κ3) is 7.98. The largest absolute Gasteiger partial charge is 0.490 e. The average Bonchev–Trinajstić information content (AvgIpc) is 2.82. The summed E-state index contributed by atoms with van der Waals surface area (Å²) >= 11 is 0. The quantitative estimate of drug-likeness (QED) is 0.305. The van der Waals surface area contributed by atoms with Crippen LogP contribution in [0.2, 0.25) is 0 Å². The molecule has 1 nitrogen and oxygen atoms in total. The fraction of sp³-hybridized carbons (Fsp3) is 0.613. The summed E-state index contributed by atoms with van der Waals surface area (Å²) in [5.41, 5.74) is 4.46. The van der Waals surface area contributed by atoms with Crippen LogP contribution in [0.15, 0.2) is 48.5 Å². The first-order valence-electron chi connectivity index (χ1n) is 13.6. The summed E-state index contributed by atoms with van der Waals surface area (Å²) in [6, 6.07) is 18.4. The lowest BCUT2D eigenvalue weighted by atomic mass is 9.77. The molecule has 2 aromatic rings. The van der Waals surface area contributed by atoms with Crippen LogP contribution >= 0.6 is 0 Å². The van der Waals surface area contributed by atoms with Crippen molar-refractivity contribution in [3.8, 4) is 5.75 Å². The Morgan fingerprint density at radius 1 is 0.719 bits per heavy atom. The molecule has 0 saturated heterocycles. The number of ether oxygens (including phenoxy) is 1. The van der Waals surface area contributed by atoms with Gasteiger partial charge in [0, 0.05) is 0 Å². The molecule has 1 aliphatic rings. The second-order valence-electron chi connectivity index (χ2n) is 10.1. The lowest BCUT2D eigenvalue weighted by Crippen LogP contribution is -2.16. The highest BCUT2D eigenvalue weighted by Crippen LogP contribution is 2.37. The number of rotatable bonds is 13. The SMILES string of the molecule is CCCc1ccc(O[C@H](CCC)CCCc2ccc(C3CCC(CCC)CC3)cc2)cc1. The van der Waals surface area contributed by atoms with E-state index in [4.69, 9.17) is 4.74 Å². The Morgan fingerprint density at radius 2 is 1.38 bits per heavy atom. The Kier molecular flexibility index (Phi) is 10.7. The molecule has 0 N–H and O–H groups in total. The molecule has 0 unspecified atom stereocenters. The van der Waals surface area contributed by atoms with E-state index in [1.165, 1.54) is 68.9 Å². The summed E-state index contributed by atoms with van der Waals surface area (Å²) in [6.45, 7) is 6.81. The molecular weight excluding hydrogens is 388 g/mol. The van der Waals surface area contributed by atoms with Crippen LogP contribution < -0.4 is 4.74 Å². The van der Waals surface area contributed by atoms with Crippen LogP contribution in [0.5, 0.6) is 5.75 Å². The minimum absolute atomic E-state index is 0.328. The Morgan fingerprint density at radius 3 is 2.00 bits per heavy atom. The fourth-order valence-electron chi connectivity index (χ4n) is 5.48. The Labute approximate surface area is 198 Å². The first-order valence-corrected chi connectivity index (χ1v) is 13.6. The molecule has 1 saturated carbocycles. The summed E-state index contributed by atoms with van der Waals surface area (Å²) in [4.78, 5) is 0. The minimum Gasteiger partial charge on any atom is -0.490 e. The predicted octanol–water partition coefficient (Wildman–Crippen LogP) is 9.28. The van der Waals surface area contributed by atoms with Gasteiger partial charge in [0.15, 0.2) is 0 Å². The van der Waals surface area contributed by atoms with E-state index < -0.39 is 0 Å². The molecule has 0 radical (unpaired) electrons. The molecule has 0 aliphatic heterocycles. The standard InChI is InChI=1S/C31H46O/c1-4-8-25-13-19-28(20-14-25)29-21-15-27(16-22-29)11-7-12-30(10-6-3)32-31-23-17-26(9-5-2)18-24-31/h15-18,21-25,28,30H,4-14,19-20H2,1-3H3/t25?,28?,30-/m1/s1. The van der Waals surface area contributed by atoms with Crippen LogP contribution in [0.1, 0.15) is 114 Å². The molecule has 1 fully saturated rings. The number of hydrogen-bond donors (Lipinski definition) is 0. The zero-order valence-corrected chi connectivity index (χ0v) is 21.0. The molecule has 2 aromatic carbocycles. The maximum atomic E-state index is 6.35. The molecule has 0 heterocycles. The Balaban J connectivity index is 1.43. The van der Waals surface area contributed by atoms with Crippen molar-refractivity contribution in [3.63, 3.8) is 0 Å². The number of benzene rings is 2. The maximum absolute atomic E-state index is 6.35. The molecule has 1 heteroatoms. The van der Waals surface area contributed by atoms with Gasteiger partial charge in [-0.2, -0.15) is 0 Å². The molecule has 176 valence electrons. The van der Waals surface area contributed by atoms with E-state index in [0.717, 1.165) is 43.3 Å². The van der Waals surface area contributed by atoms with Crippen LogP contribution in [-0.4, -0.2) is 6.10 Å². The van der Waals surface area contributed by atoms with Crippen molar-refractivity contribution >= 4 is 0 Å². The van der Waals surface area contributed by atoms with Crippen molar-refractivity contribution in [2.45, 2.75) is 116 Å². The Bertz CT molecular complexity index is 737. The molecule has 32 heavy (non-hydrogen) atoms. The smallest absolute Gasteiger partial charge is 0.119 e. The van der Waals surface area contributed by atoms with Gasteiger partial charge in [-0.25, -0.2) is 0 Å². The molecule has 0 spiro atoms. The highest BCUT2D eigenvalue weighted by molar-refractivity contribution is 5.28. The van der Waals surface area contributed by atoms with Gasteiger partial charge < -0.3 is 4.74 Å². The van der Waals surface area contributed by atoms with E-state index in [-0.39, 0.29) is 0 Å².